The van der Waals surface area contributed by atoms with E-state index in [1.807, 2.05) is 0 Å². The Bertz CT molecular complexity index is 448. The van der Waals surface area contributed by atoms with Crippen LogP contribution in [0.2, 0.25) is 0 Å². The van der Waals surface area contributed by atoms with Gasteiger partial charge in [-0.25, -0.2) is 0 Å². The first-order chi connectivity index (χ1) is 9.92. The summed E-state index contributed by atoms with van der Waals surface area (Å²) in [5.41, 5.74) is 3.11. The average molecular weight is 269 g/mol. The molecular formula is C18H23NO. The third-order valence-corrected chi connectivity index (χ3v) is 4.11. The molecular weight excluding hydrogens is 246 g/mol. The van der Waals surface area contributed by atoms with Crippen LogP contribution >= 0.6 is 0 Å². The number of benzene rings is 2. The molecule has 106 valence electrons. The zero-order valence-corrected chi connectivity index (χ0v) is 12.0. The molecule has 2 heteroatoms. The van der Waals surface area contributed by atoms with Crippen LogP contribution in [0.25, 0.3) is 0 Å². The lowest BCUT2D eigenvalue weighted by molar-refractivity contribution is 0.362. The molecule has 1 saturated heterocycles. The predicted molar refractivity (Wildman–Crippen MR) is 83.9 cm³/mol. The molecule has 0 amide bonds. The molecule has 0 bridgehead atoms. The van der Waals surface area contributed by atoms with Gasteiger partial charge in [0.1, 0.15) is 0 Å². The fraction of sp³-hybridized carbons (Fsp3) is 0.333. The fourth-order valence-electron chi connectivity index (χ4n) is 3.11. The summed E-state index contributed by atoms with van der Waals surface area (Å²) in [6.07, 6.45) is 2.36. The van der Waals surface area contributed by atoms with Crippen molar-refractivity contribution in [3.05, 3.63) is 71.8 Å². The van der Waals surface area contributed by atoms with Crippen LogP contribution in [0.1, 0.15) is 24.0 Å². The van der Waals surface area contributed by atoms with E-state index < -0.39 is 0 Å². The fourth-order valence-corrected chi connectivity index (χ4v) is 3.11. The van der Waals surface area contributed by atoms with E-state index in [0.29, 0.717) is 0 Å². The van der Waals surface area contributed by atoms with Crippen molar-refractivity contribution in [2.24, 2.45) is 0 Å². The Labute approximate surface area is 121 Å². The molecule has 3 rings (SSSR count). The van der Waals surface area contributed by atoms with Gasteiger partial charge in [-0.3, -0.25) is 0 Å². The molecule has 20 heavy (non-hydrogen) atoms. The number of hydrogen-bond donors (Lipinski definition) is 2. The molecule has 2 nitrogen and oxygen atoms in total. The van der Waals surface area contributed by atoms with Crippen molar-refractivity contribution in [1.29, 1.82) is 0 Å². The number of aliphatic hydroxyl groups excluding tert-OH is 1. The molecule has 0 aliphatic carbocycles. The van der Waals surface area contributed by atoms with Crippen LogP contribution in [-0.4, -0.2) is 25.3 Å². The molecule has 0 unspecified atom stereocenters. The second kappa shape index (κ2) is 7.22. The summed E-state index contributed by atoms with van der Waals surface area (Å²) in [4.78, 5) is 0. The highest BCUT2D eigenvalue weighted by molar-refractivity contribution is 5.39. The van der Waals surface area contributed by atoms with E-state index in [4.69, 9.17) is 5.11 Å². The molecule has 2 N–H and O–H groups in total. The first kappa shape index (κ1) is 14.8. The van der Waals surface area contributed by atoms with E-state index >= 15 is 0 Å². The van der Waals surface area contributed by atoms with Gasteiger partial charge in [0, 0.05) is 12.5 Å². The Balaban J connectivity index is 0.000000704. The third-order valence-electron chi connectivity index (χ3n) is 4.11. The van der Waals surface area contributed by atoms with Gasteiger partial charge in [-0.15, -0.1) is 0 Å². The average Bonchev–Trinajstić information content (AvgIpc) is 2.59. The largest absolute Gasteiger partial charge is 0.400 e. The van der Waals surface area contributed by atoms with Gasteiger partial charge in [0.05, 0.1) is 0 Å². The second-order valence-corrected chi connectivity index (χ2v) is 5.06. The molecule has 2 aromatic rings. The Morgan fingerprint density at radius 3 is 1.55 bits per heavy atom. The molecule has 0 saturated carbocycles. The summed E-state index contributed by atoms with van der Waals surface area (Å²) in [6.45, 7) is 2.20. The Kier molecular flexibility index (Phi) is 5.33. The van der Waals surface area contributed by atoms with Crippen molar-refractivity contribution in [2.75, 3.05) is 20.2 Å². The van der Waals surface area contributed by atoms with Crippen molar-refractivity contribution >= 4 is 0 Å². The summed E-state index contributed by atoms with van der Waals surface area (Å²) in [5, 5.41) is 10.5. The van der Waals surface area contributed by atoms with E-state index in [9.17, 15) is 0 Å². The Morgan fingerprint density at radius 2 is 1.15 bits per heavy atom. The molecule has 1 heterocycles. The lowest BCUT2D eigenvalue weighted by atomic mass is 9.68. The number of hydrogen-bond acceptors (Lipinski definition) is 2. The standard InChI is InChI=1S/C17H19N.CH4O/c1-3-7-15(8-4-1)17(11-13-18-14-12-17)16-9-5-2-6-10-16;1-2/h1-10,18H,11-14H2;2H,1H3. The summed E-state index contributed by atoms with van der Waals surface area (Å²) >= 11 is 0. The zero-order valence-electron chi connectivity index (χ0n) is 12.0. The molecule has 1 aliphatic heterocycles. The first-order valence-corrected chi connectivity index (χ1v) is 7.18. The van der Waals surface area contributed by atoms with Gasteiger partial charge in [0.15, 0.2) is 0 Å². The van der Waals surface area contributed by atoms with Crippen LogP contribution in [0.3, 0.4) is 0 Å². The first-order valence-electron chi connectivity index (χ1n) is 7.18. The highest BCUT2D eigenvalue weighted by atomic mass is 16.2. The number of nitrogens with one attached hydrogen (secondary N) is 1. The monoisotopic (exact) mass is 269 g/mol. The maximum absolute atomic E-state index is 7.00. The highest BCUT2D eigenvalue weighted by Crippen LogP contribution is 2.39. The van der Waals surface area contributed by atoms with Gasteiger partial charge in [0.25, 0.3) is 0 Å². The molecule has 2 aromatic carbocycles. The van der Waals surface area contributed by atoms with E-state index in [0.717, 1.165) is 20.2 Å². The summed E-state index contributed by atoms with van der Waals surface area (Å²) in [7, 11) is 1.00. The molecule has 0 atom stereocenters. The van der Waals surface area contributed by atoms with E-state index in [1.54, 1.807) is 0 Å². The minimum absolute atomic E-state index is 0.202. The SMILES string of the molecule is CO.c1ccc(C2(c3ccccc3)CCNCC2)cc1. The van der Waals surface area contributed by atoms with Crippen molar-refractivity contribution in [3.63, 3.8) is 0 Å². The van der Waals surface area contributed by atoms with Gasteiger partial charge in [-0.05, 0) is 37.1 Å². The van der Waals surface area contributed by atoms with Crippen molar-refractivity contribution in [2.45, 2.75) is 18.3 Å². The molecule has 1 aliphatic rings. The van der Waals surface area contributed by atoms with Crippen LogP contribution in [0.15, 0.2) is 60.7 Å². The number of rotatable bonds is 2. The lowest BCUT2D eigenvalue weighted by Crippen LogP contribution is -2.40. The van der Waals surface area contributed by atoms with Gasteiger partial charge in [-0.1, -0.05) is 60.7 Å². The van der Waals surface area contributed by atoms with Crippen molar-refractivity contribution in [1.82, 2.24) is 5.32 Å². The van der Waals surface area contributed by atoms with E-state index in [1.165, 1.54) is 24.0 Å². The topological polar surface area (TPSA) is 32.3 Å². The third kappa shape index (κ3) is 2.92. The van der Waals surface area contributed by atoms with Crippen LogP contribution < -0.4 is 5.32 Å². The minimum Gasteiger partial charge on any atom is -0.400 e. The predicted octanol–water partition coefficient (Wildman–Crippen LogP) is 2.96. The second-order valence-electron chi connectivity index (χ2n) is 5.06. The van der Waals surface area contributed by atoms with Gasteiger partial charge >= 0.3 is 0 Å². The normalized spacial score (nSPS) is 16.9. The summed E-state index contributed by atoms with van der Waals surface area (Å²) in [5.74, 6) is 0. The maximum atomic E-state index is 7.00. The summed E-state index contributed by atoms with van der Waals surface area (Å²) in [6, 6.07) is 21.9. The van der Waals surface area contributed by atoms with E-state index in [-0.39, 0.29) is 5.41 Å². The number of aliphatic hydroxyl groups is 1. The van der Waals surface area contributed by atoms with Gasteiger partial charge < -0.3 is 10.4 Å². The van der Waals surface area contributed by atoms with Crippen LogP contribution in [0, 0.1) is 0 Å². The Morgan fingerprint density at radius 1 is 0.750 bits per heavy atom. The minimum atomic E-state index is 0.202. The smallest absolute Gasteiger partial charge is 0.0319 e. The quantitative estimate of drug-likeness (QED) is 0.878. The van der Waals surface area contributed by atoms with E-state index in [2.05, 4.69) is 66.0 Å². The maximum Gasteiger partial charge on any atom is 0.0319 e. The van der Waals surface area contributed by atoms with Gasteiger partial charge in [0.2, 0.25) is 0 Å². The van der Waals surface area contributed by atoms with Crippen molar-refractivity contribution in [3.8, 4) is 0 Å². The zero-order chi connectivity index (χ0) is 14.3. The van der Waals surface area contributed by atoms with Crippen LogP contribution in [0.5, 0.6) is 0 Å². The molecule has 0 spiro atoms. The van der Waals surface area contributed by atoms with Crippen molar-refractivity contribution < 1.29 is 5.11 Å². The summed E-state index contributed by atoms with van der Waals surface area (Å²) < 4.78 is 0. The highest BCUT2D eigenvalue weighted by Gasteiger charge is 2.35. The lowest BCUT2D eigenvalue weighted by Gasteiger charge is -2.39. The van der Waals surface area contributed by atoms with Crippen LogP contribution in [-0.2, 0) is 5.41 Å². The Hall–Kier alpha value is -1.64. The number of piperidine rings is 1. The van der Waals surface area contributed by atoms with Gasteiger partial charge in [-0.2, -0.15) is 0 Å². The molecule has 1 fully saturated rings. The molecule has 0 radical (unpaired) electrons. The molecule has 0 aromatic heterocycles. The van der Waals surface area contributed by atoms with Crippen LogP contribution in [0.4, 0.5) is 0 Å².